The molecule has 0 unspecified atom stereocenters. The molecule has 0 aliphatic rings. The van der Waals surface area contributed by atoms with E-state index >= 15 is 0 Å². The molecule has 2 aromatic rings. The molecule has 1 aromatic heterocycles. The summed E-state index contributed by atoms with van der Waals surface area (Å²) in [4.78, 5) is 37.2. The zero-order valence-corrected chi connectivity index (χ0v) is 13.0. The first-order valence-corrected chi connectivity index (χ1v) is 7.12. The van der Waals surface area contributed by atoms with Crippen molar-refractivity contribution >= 4 is 17.5 Å². The van der Waals surface area contributed by atoms with Crippen LogP contribution in [0, 0.1) is 6.92 Å². The van der Waals surface area contributed by atoms with Crippen LogP contribution in [0.2, 0.25) is 0 Å². The minimum atomic E-state index is -4.66. The lowest BCUT2D eigenvalue weighted by atomic mass is 10.1. The Morgan fingerprint density at radius 1 is 1.20 bits per heavy atom. The van der Waals surface area contributed by atoms with Crippen LogP contribution in [0.3, 0.4) is 0 Å². The number of carbonyl (C=O) groups is 2. The SMILES string of the molecule is Cc1ccccc1C(=O)NCC(=O)Nc1cc(C(F)(F)F)c[nH]c1=O. The van der Waals surface area contributed by atoms with E-state index in [9.17, 15) is 27.6 Å². The quantitative estimate of drug-likeness (QED) is 0.786. The number of pyridine rings is 1. The Kier molecular flexibility index (Phi) is 5.26. The maximum atomic E-state index is 12.6. The van der Waals surface area contributed by atoms with E-state index in [0.717, 1.165) is 0 Å². The van der Waals surface area contributed by atoms with Crippen LogP contribution < -0.4 is 16.2 Å². The number of benzene rings is 1. The summed E-state index contributed by atoms with van der Waals surface area (Å²) in [7, 11) is 0. The topological polar surface area (TPSA) is 91.1 Å². The van der Waals surface area contributed by atoms with E-state index in [2.05, 4.69) is 5.32 Å². The van der Waals surface area contributed by atoms with Gasteiger partial charge in [0.05, 0.1) is 12.1 Å². The summed E-state index contributed by atoms with van der Waals surface area (Å²) in [6.45, 7) is 1.22. The number of hydrogen-bond donors (Lipinski definition) is 3. The zero-order valence-electron chi connectivity index (χ0n) is 13.0. The highest BCUT2D eigenvalue weighted by Gasteiger charge is 2.31. The molecular weight excluding hydrogens is 339 g/mol. The average molecular weight is 353 g/mol. The molecule has 1 heterocycles. The number of aromatic amines is 1. The van der Waals surface area contributed by atoms with E-state index < -0.39 is 41.3 Å². The molecule has 0 spiro atoms. The smallest absolute Gasteiger partial charge is 0.343 e. The molecule has 0 bridgehead atoms. The number of hydrogen-bond acceptors (Lipinski definition) is 3. The van der Waals surface area contributed by atoms with Crippen molar-refractivity contribution in [3.8, 4) is 0 Å². The monoisotopic (exact) mass is 353 g/mol. The van der Waals surface area contributed by atoms with Crippen molar-refractivity contribution in [1.82, 2.24) is 10.3 Å². The van der Waals surface area contributed by atoms with Crippen LogP contribution in [0.5, 0.6) is 0 Å². The van der Waals surface area contributed by atoms with E-state index in [1.54, 1.807) is 31.2 Å². The molecule has 2 rings (SSSR count). The van der Waals surface area contributed by atoms with Crippen LogP contribution in [0.15, 0.2) is 41.3 Å². The molecule has 2 amide bonds. The van der Waals surface area contributed by atoms with Crippen LogP contribution in [-0.2, 0) is 11.0 Å². The van der Waals surface area contributed by atoms with Crippen molar-refractivity contribution in [2.45, 2.75) is 13.1 Å². The van der Waals surface area contributed by atoms with E-state index in [4.69, 9.17) is 0 Å². The number of carbonyl (C=O) groups excluding carboxylic acids is 2. The number of rotatable bonds is 4. The predicted octanol–water partition coefficient (Wildman–Crippen LogP) is 2.07. The van der Waals surface area contributed by atoms with Gasteiger partial charge in [0.2, 0.25) is 5.91 Å². The Morgan fingerprint density at radius 2 is 1.88 bits per heavy atom. The summed E-state index contributed by atoms with van der Waals surface area (Å²) in [6.07, 6.45) is -4.15. The second-order valence-corrected chi connectivity index (χ2v) is 5.17. The molecule has 0 atom stereocenters. The second kappa shape index (κ2) is 7.20. The molecular formula is C16H14F3N3O3. The van der Waals surface area contributed by atoms with Crippen molar-refractivity contribution in [3.63, 3.8) is 0 Å². The fourth-order valence-electron chi connectivity index (χ4n) is 2.02. The standard InChI is InChI=1S/C16H14F3N3O3/c1-9-4-2-3-5-11(9)14(24)21-8-13(23)22-12-6-10(16(17,18)19)7-20-15(12)25/h2-7H,8H2,1H3,(H,20,25)(H,21,24)(H,22,23). The number of anilines is 1. The molecule has 9 heteroatoms. The van der Waals surface area contributed by atoms with Gasteiger partial charge in [-0.3, -0.25) is 14.4 Å². The predicted molar refractivity (Wildman–Crippen MR) is 84.2 cm³/mol. The van der Waals surface area contributed by atoms with Crippen molar-refractivity contribution in [3.05, 3.63) is 63.6 Å². The third kappa shape index (κ3) is 4.69. The minimum Gasteiger partial charge on any atom is -0.343 e. The van der Waals surface area contributed by atoms with Gasteiger partial charge >= 0.3 is 6.18 Å². The molecule has 0 fully saturated rings. The van der Waals surface area contributed by atoms with Crippen molar-refractivity contribution < 1.29 is 22.8 Å². The van der Waals surface area contributed by atoms with Gasteiger partial charge in [0.15, 0.2) is 0 Å². The molecule has 1 aromatic carbocycles. The largest absolute Gasteiger partial charge is 0.417 e. The van der Waals surface area contributed by atoms with Gasteiger partial charge < -0.3 is 15.6 Å². The normalized spacial score (nSPS) is 11.0. The van der Waals surface area contributed by atoms with Gasteiger partial charge in [-0.05, 0) is 24.6 Å². The van der Waals surface area contributed by atoms with Crippen LogP contribution in [0.4, 0.5) is 18.9 Å². The third-order valence-electron chi connectivity index (χ3n) is 3.30. The van der Waals surface area contributed by atoms with E-state index in [1.165, 1.54) is 0 Å². The number of nitrogens with one attached hydrogen (secondary N) is 3. The Bertz CT molecular complexity index is 859. The van der Waals surface area contributed by atoms with Crippen LogP contribution in [-0.4, -0.2) is 23.3 Å². The molecule has 25 heavy (non-hydrogen) atoms. The highest BCUT2D eigenvalue weighted by Crippen LogP contribution is 2.29. The number of alkyl halides is 3. The van der Waals surface area contributed by atoms with Gasteiger partial charge in [0.1, 0.15) is 5.69 Å². The summed E-state index contributed by atoms with van der Waals surface area (Å²) in [5.41, 5.74) is -1.47. The maximum absolute atomic E-state index is 12.6. The number of amides is 2. The van der Waals surface area contributed by atoms with Crippen molar-refractivity contribution in [2.24, 2.45) is 0 Å². The van der Waals surface area contributed by atoms with Crippen molar-refractivity contribution in [2.75, 3.05) is 11.9 Å². The summed E-state index contributed by atoms with van der Waals surface area (Å²) in [5, 5.41) is 4.39. The van der Waals surface area contributed by atoms with Gasteiger partial charge in [-0.15, -0.1) is 0 Å². The number of halogens is 3. The first-order valence-electron chi connectivity index (χ1n) is 7.12. The fourth-order valence-corrected chi connectivity index (χ4v) is 2.02. The maximum Gasteiger partial charge on any atom is 0.417 e. The lowest BCUT2D eigenvalue weighted by Crippen LogP contribution is -2.34. The zero-order chi connectivity index (χ0) is 18.6. The highest BCUT2D eigenvalue weighted by atomic mass is 19.4. The highest BCUT2D eigenvalue weighted by molar-refractivity contribution is 6.00. The molecule has 0 saturated carbocycles. The summed E-state index contributed by atoms with van der Waals surface area (Å²) in [6, 6.07) is 7.22. The number of aromatic nitrogens is 1. The Balaban J connectivity index is 2.02. The van der Waals surface area contributed by atoms with Crippen LogP contribution >= 0.6 is 0 Å². The van der Waals surface area contributed by atoms with E-state index in [-0.39, 0.29) is 0 Å². The molecule has 132 valence electrons. The Morgan fingerprint density at radius 3 is 2.52 bits per heavy atom. The van der Waals surface area contributed by atoms with E-state index in [0.29, 0.717) is 23.4 Å². The Labute approximate surface area is 140 Å². The first kappa shape index (κ1) is 18.2. The van der Waals surface area contributed by atoms with Crippen LogP contribution in [0.25, 0.3) is 0 Å². The summed E-state index contributed by atoms with van der Waals surface area (Å²) < 4.78 is 37.9. The van der Waals surface area contributed by atoms with Gasteiger partial charge in [-0.1, -0.05) is 18.2 Å². The molecule has 6 nitrogen and oxygen atoms in total. The molecule has 0 aliphatic carbocycles. The number of aryl methyl sites for hydroxylation is 1. The van der Waals surface area contributed by atoms with Gasteiger partial charge in [-0.2, -0.15) is 13.2 Å². The second-order valence-electron chi connectivity index (χ2n) is 5.17. The van der Waals surface area contributed by atoms with Crippen molar-refractivity contribution in [1.29, 1.82) is 0 Å². The molecule has 0 aliphatic heterocycles. The molecule has 0 radical (unpaired) electrons. The first-order chi connectivity index (χ1) is 11.7. The third-order valence-corrected chi connectivity index (χ3v) is 3.30. The number of H-pyrrole nitrogens is 1. The fraction of sp³-hybridized carbons (Fsp3) is 0.188. The summed E-state index contributed by atoms with van der Waals surface area (Å²) >= 11 is 0. The lowest BCUT2D eigenvalue weighted by molar-refractivity contribution is -0.137. The van der Waals surface area contributed by atoms with Gasteiger partial charge in [0, 0.05) is 11.8 Å². The Hall–Kier alpha value is -3.10. The van der Waals surface area contributed by atoms with Gasteiger partial charge in [0.25, 0.3) is 11.5 Å². The van der Waals surface area contributed by atoms with Gasteiger partial charge in [-0.25, -0.2) is 0 Å². The lowest BCUT2D eigenvalue weighted by Gasteiger charge is -2.10. The van der Waals surface area contributed by atoms with Crippen LogP contribution in [0.1, 0.15) is 21.5 Å². The minimum absolute atomic E-state index is 0.368. The van der Waals surface area contributed by atoms with E-state index in [1.807, 2.05) is 10.3 Å². The summed E-state index contributed by atoms with van der Waals surface area (Å²) in [5.74, 6) is -1.34. The molecule has 3 N–H and O–H groups in total. The average Bonchev–Trinajstić information content (AvgIpc) is 2.54. The molecule has 0 saturated heterocycles.